The lowest BCUT2D eigenvalue weighted by molar-refractivity contribution is -0.119. The molecule has 0 saturated carbocycles. The Kier molecular flexibility index (Phi) is 6.60. The van der Waals surface area contributed by atoms with E-state index in [0.29, 0.717) is 43.6 Å². The Balaban J connectivity index is 1.94. The maximum Gasteiger partial charge on any atom is 0.264 e. The predicted octanol–water partition coefficient (Wildman–Crippen LogP) is 1.72. The fourth-order valence-electron chi connectivity index (χ4n) is 2.89. The van der Waals surface area contributed by atoms with Crippen LogP contribution in [0.1, 0.15) is 5.56 Å². The third-order valence-electron chi connectivity index (χ3n) is 4.31. The Morgan fingerprint density at radius 2 is 1.90 bits per heavy atom. The van der Waals surface area contributed by atoms with Gasteiger partial charge in [-0.2, -0.15) is 0 Å². The van der Waals surface area contributed by atoms with Crippen molar-refractivity contribution < 1.29 is 27.4 Å². The first kappa shape index (κ1) is 20.9. The second-order valence-electron chi connectivity index (χ2n) is 6.50. The normalized spacial score (nSPS) is 13.0. The molecule has 0 aliphatic carbocycles. The number of sulfonamides is 1. The Morgan fingerprint density at radius 1 is 1.14 bits per heavy atom. The molecule has 0 bridgehead atoms. The first-order valence-corrected chi connectivity index (χ1v) is 10.6. The van der Waals surface area contributed by atoms with E-state index in [1.165, 1.54) is 19.2 Å². The zero-order valence-electron chi connectivity index (χ0n) is 16.4. The van der Waals surface area contributed by atoms with Crippen molar-refractivity contribution in [2.24, 2.45) is 0 Å². The minimum atomic E-state index is -4.02. The van der Waals surface area contributed by atoms with Gasteiger partial charge in [0.2, 0.25) is 5.91 Å². The minimum Gasteiger partial charge on any atom is -0.486 e. The van der Waals surface area contributed by atoms with E-state index >= 15 is 0 Å². The largest absolute Gasteiger partial charge is 0.486 e. The fourth-order valence-corrected chi connectivity index (χ4v) is 4.32. The second-order valence-corrected chi connectivity index (χ2v) is 8.36. The van der Waals surface area contributed by atoms with Crippen molar-refractivity contribution in [3.8, 4) is 11.5 Å². The Hall–Kier alpha value is -2.78. The van der Waals surface area contributed by atoms with Crippen LogP contribution in [0.3, 0.4) is 0 Å². The number of rotatable bonds is 8. The third kappa shape index (κ3) is 4.99. The van der Waals surface area contributed by atoms with Crippen LogP contribution >= 0.6 is 0 Å². The monoisotopic (exact) mass is 420 g/mol. The third-order valence-corrected chi connectivity index (χ3v) is 6.08. The summed E-state index contributed by atoms with van der Waals surface area (Å²) in [5.74, 6) is 0.436. The van der Waals surface area contributed by atoms with Gasteiger partial charge in [-0.3, -0.25) is 9.10 Å². The highest BCUT2D eigenvalue weighted by Crippen LogP contribution is 2.34. The summed E-state index contributed by atoms with van der Waals surface area (Å²) in [6.45, 7) is 2.89. The molecule has 156 valence electrons. The van der Waals surface area contributed by atoms with Gasteiger partial charge in [-0.05, 0) is 36.8 Å². The summed E-state index contributed by atoms with van der Waals surface area (Å²) < 4.78 is 43.8. The van der Waals surface area contributed by atoms with Gasteiger partial charge in [0, 0.05) is 19.7 Å². The van der Waals surface area contributed by atoms with Crippen LogP contribution < -0.4 is 19.1 Å². The molecule has 1 aliphatic rings. The van der Waals surface area contributed by atoms with Crippen molar-refractivity contribution in [1.29, 1.82) is 0 Å². The summed E-state index contributed by atoms with van der Waals surface area (Å²) >= 11 is 0. The summed E-state index contributed by atoms with van der Waals surface area (Å²) in [6, 6.07) is 11.4. The zero-order chi connectivity index (χ0) is 20.9. The maximum absolute atomic E-state index is 13.4. The number of carbonyl (C=O) groups is 1. The molecular formula is C20H24N2O6S. The van der Waals surface area contributed by atoms with Gasteiger partial charge < -0.3 is 19.5 Å². The molecule has 29 heavy (non-hydrogen) atoms. The fraction of sp³-hybridized carbons (Fsp3) is 0.350. The lowest BCUT2D eigenvalue weighted by Gasteiger charge is -2.25. The van der Waals surface area contributed by atoms with Crippen LogP contribution in [0, 0.1) is 6.92 Å². The van der Waals surface area contributed by atoms with E-state index in [4.69, 9.17) is 14.2 Å². The number of ether oxygens (including phenoxy) is 3. The number of amides is 1. The molecule has 8 nitrogen and oxygen atoms in total. The molecule has 0 aromatic heterocycles. The number of aryl methyl sites for hydroxylation is 1. The molecule has 0 fully saturated rings. The van der Waals surface area contributed by atoms with Gasteiger partial charge >= 0.3 is 0 Å². The van der Waals surface area contributed by atoms with E-state index in [9.17, 15) is 13.2 Å². The van der Waals surface area contributed by atoms with Crippen LogP contribution in [0.4, 0.5) is 5.69 Å². The summed E-state index contributed by atoms with van der Waals surface area (Å²) in [4.78, 5) is 12.4. The van der Waals surface area contributed by atoms with Gasteiger partial charge in [0.1, 0.15) is 19.8 Å². The Bertz CT molecular complexity index is 977. The Labute approximate surface area is 170 Å². The Morgan fingerprint density at radius 3 is 2.62 bits per heavy atom. The molecule has 3 rings (SSSR count). The molecule has 2 aromatic rings. The van der Waals surface area contributed by atoms with Crippen molar-refractivity contribution in [3.63, 3.8) is 0 Å². The van der Waals surface area contributed by atoms with Gasteiger partial charge in [-0.15, -0.1) is 0 Å². The number of carbonyl (C=O) groups excluding carboxylic acids is 1. The van der Waals surface area contributed by atoms with Crippen molar-refractivity contribution in [2.45, 2.75) is 11.8 Å². The number of nitrogens with one attached hydrogen (secondary N) is 1. The van der Waals surface area contributed by atoms with Crippen molar-refractivity contribution in [1.82, 2.24) is 5.32 Å². The van der Waals surface area contributed by atoms with Gasteiger partial charge in [-0.25, -0.2) is 8.42 Å². The summed E-state index contributed by atoms with van der Waals surface area (Å²) in [5.41, 5.74) is 1.28. The van der Waals surface area contributed by atoms with Gasteiger partial charge in [0.15, 0.2) is 11.5 Å². The highest BCUT2D eigenvalue weighted by atomic mass is 32.2. The van der Waals surface area contributed by atoms with E-state index in [1.807, 2.05) is 13.0 Å². The molecule has 1 heterocycles. The average Bonchev–Trinajstić information content (AvgIpc) is 2.71. The maximum atomic E-state index is 13.4. The smallest absolute Gasteiger partial charge is 0.264 e. The molecule has 0 atom stereocenters. The highest BCUT2D eigenvalue weighted by molar-refractivity contribution is 7.92. The summed E-state index contributed by atoms with van der Waals surface area (Å²) in [7, 11) is -2.50. The standard InChI is InChI=1S/C20H24N2O6S/c1-15-4-3-5-16(12-15)22(14-20(23)21-8-9-26-2)29(24,25)17-6-7-18-19(13-17)28-11-10-27-18/h3-7,12-13H,8-11,14H2,1-2H3,(H,21,23). The molecule has 0 spiro atoms. The molecular weight excluding hydrogens is 396 g/mol. The number of hydrogen-bond acceptors (Lipinski definition) is 6. The zero-order valence-corrected chi connectivity index (χ0v) is 17.2. The number of hydrogen-bond donors (Lipinski definition) is 1. The average molecular weight is 420 g/mol. The van der Waals surface area contributed by atoms with Crippen LogP contribution in [0.5, 0.6) is 11.5 Å². The lowest BCUT2D eigenvalue weighted by atomic mass is 10.2. The van der Waals surface area contributed by atoms with Crippen molar-refractivity contribution >= 4 is 21.6 Å². The summed E-state index contributed by atoms with van der Waals surface area (Å²) in [6.07, 6.45) is 0. The van der Waals surface area contributed by atoms with Crippen LogP contribution in [0.15, 0.2) is 47.4 Å². The van der Waals surface area contributed by atoms with Crippen molar-refractivity contribution in [3.05, 3.63) is 48.0 Å². The van der Waals surface area contributed by atoms with E-state index in [1.54, 1.807) is 24.3 Å². The lowest BCUT2D eigenvalue weighted by Crippen LogP contribution is -2.41. The number of methoxy groups -OCH3 is 1. The molecule has 0 saturated heterocycles. The van der Waals surface area contributed by atoms with Crippen LogP contribution in [-0.2, 0) is 19.6 Å². The number of fused-ring (bicyclic) bond motifs is 1. The quantitative estimate of drug-likeness (QED) is 0.654. The minimum absolute atomic E-state index is 0.0212. The summed E-state index contributed by atoms with van der Waals surface area (Å²) in [5, 5.41) is 2.66. The molecule has 9 heteroatoms. The first-order chi connectivity index (χ1) is 13.9. The number of anilines is 1. The second kappa shape index (κ2) is 9.15. The van der Waals surface area contributed by atoms with Gasteiger partial charge in [0.05, 0.1) is 17.2 Å². The van der Waals surface area contributed by atoms with Crippen LogP contribution in [0.25, 0.3) is 0 Å². The van der Waals surface area contributed by atoms with E-state index in [-0.39, 0.29) is 11.4 Å². The van der Waals surface area contributed by atoms with E-state index in [0.717, 1.165) is 9.87 Å². The molecule has 1 aliphatic heterocycles. The van der Waals surface area contributed by atoms with E-state index < -0.39 is 15.9 Å². The van der Waals surface area contributed by atoms with Gasteiger partial charge in [0.25, 0.3) is 10.0 Å². The number of benzene rings is 2. The van der Waals surface area contributed by atoms with Crippen LogP contribution in [0.2, 0.25) is 0 Å². The van der Waals surface area contributed by atoms with Crippen molar-refractivity contribution in [2.75, 3.05) is 44.3 Å². The predicted molar refractivity (Wildman–Crippen MR) is 108 cm³/mol. The van der Waals surface area contributed by atoms with Gasteiger partial charge in [-0.1, -0.05) is 12.1 Å². The topological polar surface area (TPSA) is 94.2 Å². The molecule has 0 radical (unpaired) electrons. The first-order valence-electron chi connectivity index (χ1n) is 9.16. The molecule has 1 amide bonds. The number of nitrogens with zero attached hydrogens (tertiary/aromatic N) is 1. The molecule has 1 N–H and O–H groups in total. The molecule has 0 unspecified atom stereocenters. The van der Waals surface area contributed by atoms with Crippen LogP contribution in [-0.4, -0.2) is 54.3 Å². The highest BCUT2D eigenvalue weighted by Gasteiger charge is 2.29. The molecule has 2 aromatic carbocycles. The van der Waals surface area contributed by atoms with E-state index in [2.05, 4.69) is 5.32 Å². The SMILES string of the molecule is COCCNC(=O)CN(c1cccc(C)c1)S(=O)(=O)c1ccc2c(c1)OCCO2.